The molecule has 1 rings (SSSR count). The van der Waals surface area contributed by atoms with E-state index in [0.717, 1.165) is 18.4 Å². The van der Waals surface area contributed by atoms with Crippen molar-refractivity contribution in [1.82, 2.24) is 0 Å². The number of Topliss-reactive ketones (excluding diaryl/α,β-unsaturated/α-hetero) is 1. The highest BCUT2D eigenvalue weighted by Crippen LogP contribution is 2.04. The summed E-state index contributed by atoms with van der Waals surface area (Å²) in [6, 6.07) is 10.0. The molecular formula is C18H22O2. The molecule has 0 aliphatic carbocycles. The highest BCUT2D eigenvalue weighted by Gasteiger charge is 1.99. The van der Waals surface area contributed by atoms with Gasteiger partial charge in [0.15, 0.2) is 0 Å². The molecule has 0 aliphatic heterocycles. The van der Waals surface area contributed by atoms with Crippen LogP contribution in [0.15, 0.2) is 42.7 Å². The molecule has 1 aromatic rings. The number of ketones is 1. The molecule has 0 aliphatic rings. The van der Waals surface area contributed by atoms with E-state index in [1.807, 2.05) is 36.4 Å². The van der Waals surface area contributed by atoms with Crippen molar-refractivity contribution in [1.29, 1.82) is 0 Å². The standard InChI is InChI=1S/C18H22O2/c1-2-3-6-13-18(19)14-9-5-10-15-20-16-17-11-7-4-8-12-17/h4,7-8,10-12,15H,5-6,9,13-14,16H2,1H3/b15-10+. The number of unbranched alkanes of at least 4 members (excludes halogenated alkanes) is 1. The Morgan fingerprint density at radius 1 is 1.25 bits per heavy atom. The minimum Gasteiger partial charge on any atom is -0.497 e. The first-order chi connectivity index (χ1) is 9.83. The molecule has 2 nitrogen and oxygen atoms in total. The van der Waals surface area contributed by atoms with Crippen molar-refractivity contribution < 1.29 is 9.53 Å². The van der Waals surface area contributed by atoms with Gasteiger partial charge in [-0.05, 0) is 31.4 Å². The van der Waals surface area contributed by atoms with Crippen molar-refractivity contribution >= 4 is 5.78 Å². The zero-order valence-corrected chi connectivity index (χ0v) is 12.1. The van der Waals surface area contributed by atoms with Crippen molar-refractivity contribution in [2.75, 3.05) is 0 Å². The number of carbonyl (C=O) groups excluding carboxylic acids is 1. The van der Waals surface area contributed by atoms with Crippen LogP contribution in [0.5, 0.6) is 0 Å². The zero-order valence-electron chi connectivity index (χ0n) is 12.1. The number of hydrogen-bond acceptors (Lipinski definition) is 2. The third-order valence-electron chi connectivity index (χ3n) is 2.82. The van der Waals surface area contributed by atoms with Gasteiger partial charge in [0.2, 0.25) is 0 Å². The van der Waals surface area contributed by atoms with Gasteiger partial charge in [0.25, 0.3) is 0 Å². The highest BCUT2D eigenvalue weighted by molar-refractivity contribution is 5.78. The molecule has 0 radical (unpaired) electrons. The van der Waals surface area contributed by atoms with Crippen LogP contribution in [0.3, 0.4) is 0 Å². The van der Waals surface area contributed by atoms with Gasteiger partial charge in [0, 0.05) is 19.3 Å². The number of ether oxygens (including phenoxy) is 1. The normalized spacial score (nSPS) is 10.1. The van der Waals surface area contributed by atoms with E-state index in [-0.39, 0.29) is 0 Å². The molecular weight excluding hydrogens is 248 g/mol. The van der Waals surface area contributed by atoms with Crippen molar-refractivity contribution in [3.8, 4) is 11.8 Å². The second-order valence-corrected chi connectivity index (χ2v) is 4.53. The minimum absolute atomic E-state index is 0.298. The summed E-state index contributed by atoms with van der Waals surface area (Å²) < 4.78 is 5.42. The van der Waals surface area contributed by atoms with Gasteiger partial charge in [0.05, 0.1) is 6.26 Å². The van der Waals surface area contributed by atoms with Crippen LogP contribution in [0.1, 0.15) is 44.6 Å². The molecule has 0 saturated carbocycles. The summed E-state index contributed by atoms with van der Waals surface area (Å²) in [5, 5.41) is 0. The van der Waals surface area contributed by atoms with Gasteiger partial charge in [-0.1, -0.05) is 30.3 Å². The average molecular weight is 270 g/mol. The van der Waals surface area contributed by atoms with Gasteiger partial charge >= 0.3 is 0 Å². The highest BCUT2D eigenvalue weighted by atomic mass is 16.5. The SMILES string of the molecule is CC#CCCC(=O)CCC/C=C/OCc1ccccc1. The van der Waals surface area contributed by atoms with Crippen LogP contribution in [0.25, 0.3) is 0 Å². The fraction of sp³-hybridized carbons (Fsp3) is 0.389. The second kappa shape index (κ2) is 10.9. The maximum atomic E-state index is 11.5. The molecule has 0 aromatic heterocycles. The molecule has 1 aromatic carbocycles. The lowest BCUT2D eigenvalue weighted by Gasteiger charge is -2.00. The maximum Gasteiger partial charge on any atom is 0.133 e. The summed E-state index contributed by atoms with van der Waals surface area (Å²) in [6.07, 6.45) is 7.35. The summed E-state index contributed by atoms with van der Waals surface area (Å²) in [5.41, 5.74) is 1.16. The number of rotatable bonds is 9. The third kappa shape index (κ3) is 8.16. The molecule has 0 spiro atoms. The molecule has 106 valence electrons. The fourth-order valence-corrected chi connectivity index (χ4v) is 1.72. The molecule has 0 unspecified atom stereocenters. The van der Waals surface area contributed by atoms with Crippen molar-refractivity contribution in [2.45, 2.75) is 45.6 Å². The van der Waals surface area contributed by atoms with Gasteiger partial charge < -0.3 is 4.74 Å². The van der Waals surface area contributed by atoms with Crippen LogP contribution < -0.4 is 0 Å². The Hall–Kier alpha value is -2.01. The largest absolute Gasteiger partial charge is 0.497 e. The summed E-state index contributed by atoms with van der Waals surface area (Å²) in [5.74, 6) is 6.00. The summed E-state index contributed by atoms with van der Waals surface area (Å²) in [4.78, 5) is 11.5. The molecule has 0 bridgehead atoms. The molecule has 0 amide bonds. The Morgan fingerprint density at radius 3 is 2.80 bits per heavy atom. The van der Waals surface area contributed by atoms with Gasteiger partial charge in [-0.15, -0.1) is 11.8 Å². The van der Waals surface area contributed by atoms with Crippen LogP contribution in [-0.2, 0) is 16.1 Å². The second-order valence-electron chi connectivity index (χ2n) is 4.53. The van der Waals surface area contributed by atoms with Crippen LogP contribution in [0, 0.1) is 11.8 Å². The molecule has 0 N–H and O–H groups in total. The number of allylic oxidation sites excluding steroid dienone is 1. The summed E-state index contributed by atoms with van der Waals surface area (Å²) >= 11 is 0. The van der Waals surface area contributed by atoms with Gasteiger partial charge in [0.1, 0.15) is 12.4 Å². The lowest BCUT2D eigenvalue weighted by Crippen LogP contribution is -1.96. The Bertz CT molecular complexity index is 463. The molecule has 0 fully saturated rings. The first-order valence-corrected chi connectivity index (χ1v) is 7.04. The van der Waals surface area contributed by atoms with Gasteiger partial charge in [-0.3, -0.25) is 4.79 Å². The average Bonchev–Trinajstić information content (AvgIpc) is 2.47. The van der Waals surface area contributed by atoms with E-state index in [1.54, 1.807) is 13.2 Å². The number of hydrogen-bond donors (Lipinski definition) is 0. The summed E-state index contributed by atoms with van der Waals surface area (Å²) in [6.45, 7) is 2.39. The van der Waals surface area contributed by atoms with E-state index < -0.39 is 0 Å². The van der Waals surface area contributed by atoms with Crippen molar-refractivity contribution in [3.63, 3.8) is 0 Å². The predicted molar refractivity (Wildman–Crippen MR) is 81.9 cm³/mol. The lowest BCUT2D eigenvalue weighted by molar-refractivity contribution is -0.119. The van der Waals surface area contributed by atoms with E-state index in [4.69, 9.17) is 4.74 Å². The van der Waals surface area contributed by atoms with Crippen LogP contribution in [0.4, 0.5) is 0 Å². The van der Waals surface area contributed by atoms with Gasteiger partial charge in [-0.2, -0.15) is 0 Å². The summed E-state index contributed by atoms with van der Waals surface area (Å²) in [7, 11) is 0. The van der Waals surface area contributed by atoms with E-state index in [1.165, 1.54) is 0 Å². The van der Waals surface area contributed by atoms with Crippen LogP contribution in [0.2, 0.25) is 0 Å². The predicted octanol–water partition coefficient (Wildman–Crippen LogP) is 4.26. The number of carbonyl (C=O) groups is 1. The van der Waals surface area contributed by atoms with E-state index in [0.29, 0.717) is 31.7 Å². The third-order valence-corrected chi connectivity index (χ3v) is 2.82. The molecule has 0 heterocycles. The molecule has 2 heteroatoms. The van der Waals surface area contributed by atoms with Crippen LogP contribution in [-0.4, -0.2) is 5.78 Å². The Labute approximate surface area is 121 Å². The fourth-order valence-electron chi connectivity index (χ4n) is 1.72. The van der Waals surface area contributed by atoms with Crippen molar-refractivity contribution in [2.24, 2.45) is 0 Å². The van der Waals surface area contributed by atoms with E-state index in [9.17, 15) is 4.79 Å². The monoisotopic (exact) mass is 270 g/mol. The van der Waals surface area contributed by atoms with Crippen molar-refractivity contribution in [3.05, 3.63) is 48.2 Å². The Balaban J connectivity index is 2.01. The lowest BCUT2D eigenvalue weighted by atomic mass is 10.1. The van der Waals surface area contributed by atoms with E-state index in [2.05, 4.69) is 11.8 Å². The first kappa shape index (κ1) is 16.0. The molecule has 0 saturated heterocycles. The topological polar surface area (TPSA) is 26.3 Å². The Morgan fingerprint density at radius 2 is 2.05 bits per heavy atom. The quantitative estimate of drug-likeness (QED) is 0.381. The number of benzene rings is 1. The molecule has 20 heavy (non-hydrogen) atoms. The molecule has 0 atom stereocenters. The zero-order chi connectivity index (χ0) is 14.5. The Kier molecular flexibility index (Phi) is 8.72. The van der Waals surface area contributed by atoms with E-state index >= 15 is 0 Å². The van der Waals surface area contributed by atoms with Gasteiger partial charge in [-0.25, -0.2) is 0 Å². The first-order valence-electron chi connectivity index (χ1n) is 7.04. The smallest absolute Gasteiger partial charge is 0.133 e. The maximum absolute atomic E-state index is 11.5. The minimum atomic E-state index is 0.298. The van der Waals surface area contributed by atoms with Crippen LogP contribution >= 0.6 is 0 Å².